The number of carbonyl (C=O) groups is 1. The zero-order chi connectivity index (χ0) is 19.1. The molecule has 26 heavy (non-hydrogen) atoms. The number of hydrogen-bond donors (Lipinski definition) is 2. The fourth-order valence-electron chi connectivity index (χ4n) is 2.79. The second-order valence-electron chi connectivity index (χ2n) is 6.57. The molecule has 0 bridgehead atoms. The number of amides is 1. The summed E-state index contributed by atoms with van der Waals surface area (Å²) >= 11 is 7.59. The van der Waals surface area contributed by atoms with Crippen LogP contribution in [0.3, 0.4) is 0 Å². The van der Waals surface area contributed by atoms with Crippen molar-refractivity contribution in [2.24, 2.45) is 5.92 Å². The van der Waals surface area contributed by atoms with Gasteiger partial charge in [-0.15, -0.1) is 11.3 Å². The molecule has 0 saturated carbocycles. The van der Waals surface area contributed by atoms with Gasteiger partial charge in [0.25, 0.3) is 5.91 Å². The van der Waals surface area contributed by atoms with Crippen LogP contribution in [0.4, 0.5) is 19.0 Å². The van der Waals surface area contributed by atoms with E-state index in [1.807, 2.05) is 13.8 Å². The fourth-order valence-corrected chi connectivity index (χ4v) is 3.85. The maximum absolute atomic E-state index is 13.6. The third-order valence-electron chi connectivity index (χ3n) is 4.07. The molecule has 0 unspecified atom stereocenters. The van der Waals surface area contributed by atoms with Crippen molar-refractivity contribution in [1.29, 1.82) is 0 Å². The lowest BCUT2D eigenvalue weighted by molar-refractivity contribution is -0.173. The molecule has 2 aromatic rings. The van der Waals surface area contributed by atoms with Gasteiger partial charge in [0.05, 0.1) is 6.04 Å². The van der Waals surface area contributed by atoms with Gasteiger partial charge in [0.15, 0.2) is 11.7 Å². The van der Waals surface area contributed by atoms with Gasteiger partial charge in [0, 0.05) is 17.8 Å². The van der Waals surface area contributed by atoms with E-state index >= 15 is 0 Å². The van der Waals surface area contributed by atoms with E-state index in [0.717, 1.165) is 9.56 Å². The molecule has 2 N–H and O–H groups in total. The van der Waals surface area contributed by atoms with E-state index in [1.165, 1.54) is 11.3 Å². The van der Waals surface area contributed by atoms with Gasteiger partial charge >= 0.3 is 6.18 Å². The number of hydrogen-bond acceptors (Lipinski definition) is 4. The Bertz CT molecular complexity index is 788. The molecule has 3 heterocycles. The van der Waals surface area contributed by atoms with E-state index in [9.17, 15) is 18.0 Å². The van der Waals surface area contributed by atoms with Crippen LogP contribution in [0.25, 0.3) is 0 Å². The molecule has 1 amide bonds. The molecule has 2 atom stereocenters. The van der Waals surface area contributed by atoms with Crippen molar-refractivity contribution in [2.75, 3.05) is 11.9 Å². The number of nitrogens with one attached hydrogen (secondary N) is 2. The predicted octanol–water partition coefficient (Wildman–Crippen LogP) is 4.64. The topological polar surface area (TPSA) is 59.0 Å². The SMILES string of the molecule is CC(C)CNC(=O)c1nn2c(c1Cl)N[C@H](c1cccs1)C[C@H]2C(F)(F)F. The molecule has 10 heteroatoms. The molecular formula is C16H18ClF3N4OS. The zero-order valence-electron chi connectivity index (χ0n) is 14.1. The Morgan fingerprint density at radius 2 is 2.27 bits per heavy atom. The van der Waals surface area contributed by atoms with Crippen molar-refractivity contribution < 1.29 is 18.0 Å². The van der Waals surface area contributed by atoms with Crippen LogP contribution in [-0.4, -0.2) is 28.4 Å². The highest BCUT2D eigenvalue weighted by molar-refractivity contribution is 7.10. The van der Waals surface area contributed by atoms with Gasteiger partial charge in [-0.25, -0.2) is 4.68 Å². The van der Waals surface area contributed by atoms with Crippen LogP contribution in [-0.2, 0) is 0 Å². The second-order valence-corrected chi connectivity index (χ2v) is 7.92. The Labute approximate surface area is 157 Å². The quantitative estimate of drug-likeness (QED) is 0.777. The number of nitrogens with zero attached hydrogens (tertiary/aromatic N) is 2. The number of rotatable bonds is 4. The molecule has 2 aromatic heterocycles. The van der Waals surface area contributed by atoms with E-state index in [4.69, 9.17) is 11.6 Å². The number of thiophene rings is 1. The van der Waals surface area contributed by atoms with Crippen molar-refractivity contribution >= 4 is 34.7 Å². The standard InChI is InChI=1S/C16H18ClF3N4OS/c1-8(2)7-21-15(25)13-12(17)14-22-9(10-4-3-5-26-10)6-11(16(18,19)20)24(14)23-13/h3-5,8-9,11,22H,6-7H2,1-2H3,(H,21,25)/t9-,11-/m0/s1. The summed E-state index contributed by atoms with van der Waals surface area (Å²) < 4.78 is 41.6. The summed E-state index contributed by atoms with van der Waals surface area (Å²) in [7, 11) is 0. The first-order valence-corrected chi connectivity index (χ1v) is 9.37. The van der Waals surface area contributed by atoms with E-state index in [2.05, 4.69) is 15.7 Å². The summed E-state index contributed by atoms with van der Waals surface area (Å²) in [5.41, 5.74) is -0.198. The highest BCUT2D eigenvalue weighted by Crippen LogP contribution is 2.46. The van der Waals surface area contributed by atoms with Gasteiger partial charge in [-0.05, 0) is 17.4 Å². The van der Waals surface area contributed by atoms with Gasteiger partial charge in [0.2, 0.25) is 0 Å². The first kappa shape index (κ1) is 19.0. The Kier molecular flexibility index (Phi) is 5.21. The van der Waals surface area contributed by atoms with Gasteiger partial charge in [-0.1, -0.05) is 31.5 Å². The Hall–Kier alpha value is -1.74. The lowest BCUT2D eigenvalue weighted by Crippen LogP contribution is -2.35. The molecule has 0 fully saturated rings. The molecule has 0 saturated heterocycles. The summed E-state index contributed by atoms with van der Waals surface area (Å²) in [6, 6.07) is 1.15. The molecule has 0 radical (unpaired) electrons. The van der Waals surface area contributed by atoms with Crippen LogP contribution in [0, 0.1) is 5.92 Å². The lowest BCUT2D eigenvalue weighted by atomic mass is 10.0. The van der Waals surface area contributed by atoms with Crippen LogP contribution < -0.4 is 10.6 Å². The molecule has 0 aliphatic carbocycles. The Morgan fingerprint density at radius 1 is 1.54 bits per heavy atom. The second kappa shape index (κ2) is 7.11. The van der Waals surface area contributed by atoms with Crippen LogP contribution >= 0.6 is 22.9 Å². The van der Waals surface area contributed by atoms with Crippen molar-refractivity contribution in [3.63, 3.8) is 0 Å². The highest BCUT2D eigenvalue weighted by Gasteiger charge is 2.48. The summed E-state index contributed by atoms with van der Waals surface area (Å²) in [5, 5.41) is 11.2. The van der Waals surface area contributed by atoms with Crippen molar-refractivity contribution in [2.45, 2.75) is 38.5 Å². The number of anilines is 1. The average molecular weight is 407 g/mol. The molecular weight excluding hydrogens is 389 g/mol. The first-order chi connectivity index (χ1) is 12.2. The number of carbonyl (C=O) groups excluding carboxylic acids is 1. The van der Waals surface area contributed by atoms with Crippen molar-refractivity contribution in [3.05, 3.63) is 33.1 Å². The monoisotopic (exact) mass is 406 g/mol. The minimum atomic E-state index is -4.51. The number of fused-ring (bicyclic) bond motifs is 1. The Balaban J connectivity index is 1.97. The van der Waals surface area contributed by atoms with Crippen LogP contribution in [0.1, 0.15) is 47.7 Å². The normalized spacial score (nSPS) is 20.0. The van der Waals surface area contributed by atoms with Crippen molar-refractivity contribution in [1.82, 2.24) is 15.1 Å². The smallest absolute Gasteiger partial charge is 0.361 e. The largest absolute Gasteiger partial charge is 0.410 e. The van der Waals surface area contributed by atoms with Crippen LogP contribution in [0.2, 0.25) is 5.02 Å². The maximum Gasteiger partial charge on any atom is 0.410 e. The van der Waals surface area contributed by atoms with Gasteiger partial charge in [-0.3, -0.25) is 4.79 Å². The number of alkyl halides is 3. The summed E-state index contributed by atoms with van der Waals surface area (Å²) in [6.45, 7) is 4.20. The Morgan fingerprint density at radius 3 is 2.85 bits per heavy atom. The summed E-state index contributed by atoms with van der Waals surface area (Å²) in [5.74, 6) is -0.367. The molecule has 1 aliphatic rings. The molecule has 142 valence electrons. The molecule has 0 spiro atoms. The minimum absolute atomic E-state index is 0.0216. The van der Waals surface area contributed by atoms with E-state index in [0.29, 0.717) is 6.54 Å². The van der Waals surface area contributed by atoms with Gasteiger partial charge in [-0.2, -0.15) is 18.3 Å². The number of halogens is 4. The summed E-state index contributed by atoms with van der Waals surface area (Å²) in [6.07, 6.45) is -4.73. The molecule has 1 aliphatic heterocycles. The average Bonchev–Trinajstić information content (AvgIpc) is 3.19. The highest BCUT2D eigenvalue weighted by atomic mass is 35.5. The predicted molar refractivity (Wildman–Crippen MR) is 94.8 cm³/mol. The third kappa shape index (κ3) is 3.68. The zero-order valence-corrected chi connectivity index (χ0v) is 15.7. The fraction of sp³-hybridized carbons (Fsp3) is 0.500. The van der Waals surface area contributed by atoms with Crippen LogP contribution in [0.15, 0.2) is 17.5 Å². The molecule has 3 rings (SSSR count). The molecule has 5 nitrogen and oxygen atoms in total. The minimum Gasteiger partial charge on any atom is -0.361 e. The third-order valence-corrected chi connectivity index (χ3v) is 5.41. The number of aromatic nitrogens is 2. The van der Waals surface area contributed by atoms with E-state index in [1.54, 1.807) is 17.5 Å². The molecule has 0 aromatic carbocycles. The lowest BCUT2D eigenvalue weighted by Gasteiger charge is -2.32. The van der Waals surface area contributed by atoms with Gasteiger partial charge in [0.1, 0.15) is 10.8 Å². The first-order valence-electron chi connectivity index (χ1n) is 8.11. The maximum atomic E-state index is 13.6. The van der Waals surface area contributed by atoms with Crippen LogP contribution in [0.5, 0.6) is 0 Å². The van der Waals surface area contributed by atoms with Gasteiger partial charge < -0.3 is 10.6 Å². The van der Waals surface area contributed by atoms with E-state index in [-0.39, 0.29) is 28.9 Å². The van der Waals surface area contributed by atoms with E-state index < -0.39 is 24.2 Å². The summed E-state index contributed by atoms with van der Waals surface area (Å²) in [4.78, 5) is 13.0. The van der Waals surface area contributed by atoms with Crippen molar-refractivity contribution in [3.8, 4) is 0 Å².